The van der Waals surface area contributed by atoms with Gasteiger partial charge in [0.15, 0.2) is 0 Å². The molecular weight excluding hydrogens is 196 g/mol. The summed E-state index contributed by atoms with van der Waals surface area (Å²) in [6, 6.07) is 0. The smallest absolute Gasteiger partial charge is 0.112 e. The zero-order valence-electron chi connectivity index (χ0n) is 8.19. The summed E-state index contributed by atoms with van der Waals surface area (Å²) in [5, 5.41) is 10.5. The molecular formula is C9H12N4S. The highest BCUT2D eigenvalue weighted by atomic mass is 32.1. The highest BCUT2D eigenvalue weighted by Gasteiger charge is 1.99. The van der Waals surface area contributed by atoms with E-state index in [0.717, 1.165) is 22.9 Å². The van der Waals surface area contributed by atoms with Crippen LogP contribution in [0.1, 0.15) is 10.7 Å². The summed E-state index contributed by atoms with van der Waals surface area (Å²) in [4.78, 5) is 4.36. The standard InChI is InChI=1S/C9H12N4S/c1-7-6-14-9(12-7)4-10-8-3-11-13(2)5-8/h3,5-6,10H,4H2,1-2H3. The van der Waals surface area contributed by atoms with Crippen LogP contribution in [0.5, 0.6) is 0 Å². The van der Waals surface area contributed by atoms with Crippen molar-refractivity contribution in [3.63, 3.8) is 0 Å². The second-order valence-electron chi connectivity index (χ2n) is 3.14. The van der Waals surface area contributed by atoms with Gasteiger partial charge in [0.05, 0.1) is 18.4 Å². The molecule has 0 bridgehead atoms. The van der Waals surface area contributed by atoms with Gasteiger partial charge in [0.1, 0.15) is 5.01 Å². The lowest BCUT2D eigenvalue weighted by Crippen LogP contribution is -1.97. The van der Waals surface area contributed by atoms with Crippen molar-refractivity contribution in [1.29, 1.82) is 0 Å². The summed E-state index contributed by atoms with van der Waals surface area (Å²) in [6.07, 6.45) is 3.75. The van der Waals surface area contributed by atoms with Gasteiger partial charge in [-0.25, -0.2) is 4.98 Å². The fourth-order valence-electron chi connectivity index (χ4n) is 1.17. The molecule has 0 amide bonds. The van der Waals surface area contributed by atoms with Crippen LogP contribution in [-0.4, -0.2) is 14.8 Å². The van der Waals surface area contributed by atoms with Gasteiger partial charge in [-0.1, -0.05) is 0 Å². The van der Waals surface area contributed by atoms with Crippen molar-refractivity contribution < 1.29 is 0 Å². The van der Waals surface area contributed by atoms with Crippen LogP contribution < -0.4 is 5.32 Å². The number of hydrogen-bond acceptors (Lipinski definition) is 4. The third-order valence-electron chi connectivity index (χ3n) is 1.82. The molecule has 2 heterocycles. The van der Waals surface area contributed by atoms with E-state index in [9.17, 15) is 0 Å². The van der Waals surface area contributed by atoms with Crippen LogP contribution in [0.4, 0.5) is 5.69 Å². The topological polar surface area (TPSA) is 42.7 Å². The van der Waals surface area contributed by atoms with Crippen molar-refractivity contribution in [2.45, 2.75) is 13.5 Å². The molecule has 1 N–H and O–H groups in total. The average molecular weight is 208 g/mol. The molecule has 0 fully saturated rings. The van der Waals surface area contributed by atoms with E-state index in [0.29, 0.717) is 0 Å². The Hall–Kier alpha value is -1.36. The maximum absolute atomic E-state index is 4.36. The minimum atomic E-state index is 0.768. The molecule has 0 aliphatic rings. The molecule has 0 saturated carbocycles. The van der Waals surface area contributed by atoms with Gasteiger partial charge in [0, 0.05) is 24.3 Å². The van der Waals surface area contributed by atoms with Gasteiger partial charge in [0.2, 0.25) is 0 Å². The van der Waals surface area contributed by atoms with Crippen molar-refractivity contribution in [3.05, 3.63) is 28.5 Å². The average Bonchev–Trinajstić information content (AvgIpc) is 2.72. The zero-order valence-corrected chi connectivity index (χ0v) is 9.01. The van der Waals surface area contributed by atoms with Gasteiger partial charge >= 0.3 is 0 Å². The van der Waals surface area contributed by atoms with Gasteiger partial charge < -0.3 is 5.32 Å². The predicted octanol–water partition coefficient (Wildman–Crippen LogP) is 1.80. The second-order valence-corrected chi connectivity index (χ2v) is 4.08. The number of nitrogens with zero attached hydrogens (tertiary/aromatic N) is 3. The first-order chi connectivity index (χ1) is 6.74. The first-order valence-corrected chi connectivity index (χ1v) is 5.25. The summed E-state index contributed by atoms with van der Waals surface area (Å²) < 4.78 is 1.77. The van der Waals surface area contributed by atoms with Crippen LogP contribution >= 0.6 is 11.3 Å². The van der Waals surface area contributed by atoms with Crippen molar-refractivity contribution in [2.75, 3.05) is 5.32 Å². The van der Waals surface area contributed by atoms with Crippen molar-refractivity contribution in [1.82, 2.24) is 14.8 Å². The summed E-state index contributed by atoms with van der Waals surface area (Å²) in [7, 11) is 1.90. The zero-order chi connectivity index (χ0) is 9.97. The molecule has 0 spiro atoms. The molecule has 14 heavy (non-hydrogen) atoms. The number of rotatable bonds is 3. The lowest BCUT2D eigenvalue weighted by Gasteiger charge is -1.98. The van der Waals surface area contributed by atoms with Crippen molar-refractivity contribution in [2.24, 2.45) is 7.05 Å². The normalized spacial score (nSPS) is 10.4. The lowest BCUT2D eigenvalue weighted by molar-refractivity contribution is 0.768. The minimum Gasteiger partial charge on any atom is -0.376 e. The molecule has 5 heteroatoms. The SMILES string of the molecule is Cc1csc(CNc2cnn(C)c2)n1. The van der Waals surface area contributed by atoms with Crippen LogP contribution in [0.15, 0.2) is 17.8 Å². The van der Waals surface area contributed by atoms with Gasteiger partial charge in [0.25, 0.3) is 0 Å². The Labute approximate surface area is 86.6 Å². The summed E-state index contributed by atoms with van der Waals surface area (Å²) in [6.45, 7) is 2.77. The molecule has 0 aliphatic heterocycles. The summed E-state index contributed by atoms with van der Waals surface area (Å²) in [5.41, 5.74) is 2.11. The number of aryl methyl sites for hydroxylation is 2. The maximum atomic E-state index is 4.36. The Bertz CT molecular complexity index is 378. The molecule has 2 aromatic heterocycles. The molecule has 0 atom stereocenters. The van der Waals surface area contributed by atoms with E-state index in [1.807, 2.05) is 20.2 Å². The molecule has 0 saturated heterocycles. The van der Waals surface area contributed by atoms with Crippen LogP contribution in [-0.2, 0) is 13.6 Å². The maximum Gasteiger partial charge on any atom is 0.112 e. The highest BCUT2D eigenvalue weighted by molar-refractivity contribution is 7.09. The van der Waals surface area contributed by atoms with E-state index < -0.39 is 0 Å². The first kappa shape index (κ1) is 9.21. The van der Waals surface area contributed by atoms with Gasteiger partial charge in [-0.2, -0.15) is 5.10 Å². The van der Waals surface area contributed by atoms with Crippen molar-refractivity contribution >= 4 is 17.0 Å². The highest BCUT2D eigenvalue weighted by Crippen LogP contribution is 2.11. The van der Waals surface area contributed by atoms with E-state index in [-0.39, 0.29) is 0 Å². The number of thiazole rings is 1. The monoisotopic (exact) mass is 208 g/mol. The molecule has 0 aliphatic carbocycles. The molecule has 0 aromatic carbocycles. The van der Waals surface area contributed by atoms with Gasteiger partial charge in [-0.05, 0) is 6.92 Å². The Morgan fingerprint density at radius 3 is 3.00 bits per heavy atom. The number of nitrogens with one attached hydrogen (secondary N) is 1. The predicted molar refractivity (Wildman–Crippen MR) is 57.4 cm³/mol. The van der Waals surface area contributed by atoms with E-state index in [2.05, 4.69) is 20.8 Å². The summed E-state index contributed by atoms with van der Waals surface area (Å²) in [5.74, 6) is 0. The Morgan fingerprint density at radius 2 is 2.43 bits per heavy atom. The fraction of sp³-hybridized carbons (Fsp3) is 0.333. The Kier molecular flexibility index (Phi) is 2.49. The van der Waals surface area contributed by atoms with Gasteiger partial charge in [-0.15, -0.1) is 11.3 Å². The van der Waals surface area contributed by atoms with E-state index in [4.69, 9.17) is 0 Å². The van der Waals surface area contributed by atoms with Crippen LogP contribution in [0.2, 0.25) is 0 Å². The molecule has 2 rings (SSSR count). The first-order valence-electron chi connectivity index (χ1n) is 4.37. The lowest BCUT2D eigenvalue weighted by atomic mass is 10.5. The quantitative estimate of drug-likeness (QED) is 0.836. The van der Waals surface area contributed by atoms with Crippen LogP contribution in [0, 0.1) is 6.92 Å². The van der Waals surface area contributed by atoms with Crippen LogP contribution in [0.3, 0.4) is 0 Å². The van der Waals surface area contributed by atoms with E-state index in [1.165, 1.54) is 0 Å². The van der Waals surface area contributed by atoms with E-state index >= 15 is 0 Å². The largest absolute Gasteiger partial charge is 0.376 e. The van der Waals surface area contributed by atoms with Crippen LogP contribution in [0.25, 0.3) is 0 Å². The Balaban J connectivity index is 1.94. The number of aromatic nitrogens is 3. The second kappa shape index (κ2) is 3.79. The number of hydrogen-bond donors (Lipinski definition) is 1. The van der Waals surface area contributed by atoms with Crippen molar-refractivity contribution in [3.8, 4) is 0 Å². The van der Waals surface area contributed by atoms with E-state index in [1.54, 1.807) is 22.2 Å². The molecule has 4 nitrogen and oxygen atoms in total. The molecule has 74 valence electrons. The molecule has 2 aromatic rings. The molecule has 0 unspecified atom stereocenters. The summed E-state index contributed by atoms with van der Waals surface area (Å²) >= 11 is 1.67. The third-order valence-corrected chi connectivity index (χ3v) is 2.78. The third kappa shape index (κ3) is 2.11. The number of anilines is 1. The Morgan fingerprint density at radius 1 is 1.57 bits per heavy atom. The minimum absolute atomic E-state index is 0.768. The fourth-order valence-corrected chi connectivity index (χ4v) is 1.89. The molecule has 0 radical (unpaired) electrons. The van der Waals surface area contributed by atoms with Gasteiger partial charge in [-0.3, -0.25) is 4.68 Å².